The van der Waals surface area contributed by atoms with Crippen LogP contribution in [-0.2, 0) is 6.42 Å². The number of aryl methyl sites for hydroxylation is 1. The van der Waals surface area contributed by atoms with E-state index < -0.39 is 0 Å². The van der Waals surface area contributed by atoms with Crippen LogP contribution in [0.15, 0.2) is 10.5 Å². The maximum absolute atomic E-state index is 11.7. The molecule has 2 heterocycles. The van der Waals surface area contributed by atoms with Gasteiger partial charge in [0.2, 0.25) is 0 Å². The molecule has 0 radical (unpaired) electrons. The second-order valence-electron chi connectivity index (χ2n) is 3.80. The smallest absolute Gasteiger partial charge is 0.174 e. The molecule has 0 amide bonds. The van der Waals surface area contributed by atoms with E-state index in [4.69, 9.17) is 11.6 Å². The first-order chi connectivity index (χ1) is 8.15. The Morgan fingerprint density at radius 2 is 2.18 bits per heavy atom. The van der Waals surface area contributed by atoms with Crippen molar-refractivity contribution in [3.8, 4) is 9.88 Å². The Balaban J connectivity index is 2.07. The minimum Gasteiger partial charge on any atom is -0.293 e. The second-order valence-corrected chi connectivity index (χ2v) is 7.31. The first-order valence-corrected chi connectivity index (χ1v) is 7.93. The lowest BCUT2D eigenvalue weighted by molar-refractivity contribution is 0.0976. The normalized spacial score (nSPS) is 15.1. The van der Waals surface area contributed by atoms with E-state index in [1.54, 1.807) is 0 Å². The number of nitrogens with zero attached hydrogens (tertiary/aromatic N) is 1. The molecule has 0 unspecified atom stereocenters. The summed E-state index contributed by atoms with van der Waals surface area (Å²) >= 11 is 12.4. The molecule has 0 aliphatic heterocycles. The lowest BCUT2D eigenvalue weighted by Crippen LogP contribution is -2.07. The van der Waals surface area contributed by atoms with Gasteiger partial charge in [0.15, 0.2) is 5.78 Å². The molecule has 2 aromatic heterocycles. The molecule has 1 aliphatic rings. The predicted octanol–water partition coefficient (Wildman–Crippen LogP) is 4.81. The van der Waals surface area contributed by atoms with Crippen molar-refractivity contribution < 1.29 is 4.79 Å². The summed E-state index contributed by atoms with van der Waals surface area (Å²) in [7, 11) is 0. The van der Waals surface area contributed by atoms with E-state index in [0.29, 0.717) is 6.42 Å². The highest BCUT2D eigenvalue weighted by atomic mass is 79.9. The number of thiophene rings is 1. The molecule has 0 atom stereocenters. The number of aromatic nitrogens is 1. The lowest BCUT2D eigenvalue weighted by Gasteiger charge is -2.06. The number of hydrogen-bond donors (Lipinski definition) is 0. The zero-order valence-corrected chi connectivity index (χ0v) is 12.6. The van der Waals surface area contributed by atoms with Gasteiger partial charge >= 0.3 is 0 Å². The van der Waals surface area contributed by atoms with Crippen molar-refractivity contribution in [3.05, 3.63) is 25.4 Å². The summed E-state index contributed by atoms with van der Waals surface area (Å²) in [6, 6.07) is 1.96. The van der Waals surface area contributed by atoms with Gasteiger partial charge in [0.25, 0.3) is 0 Å². The molecule has 2 aromatic rings. The van der Waals surface area contributed by atoms with Crippen LogP contribution in [0.4, 0.5) is 0 Å². The second kappa shape index (κ2) is 4.46. The van der Waals surface area contributed by atoms with E-state index in [9.17, 15) is 4.79 Å². The van der Waals surface area contributed by atoms with Gasteiger partial charge in [-0.3, -0.25) is 4.79 Å². The van der Waals surface area contributed by atoms with Crippen LogP contribution in [-0.4, -0.2) is 10.8 Å². The lowest BCUT2D eigenvalue weighted by atomic mass is 10.0. The van der Waals surface area contributed by atoms with Crippen LogP contribution in [0.1, 0.15) is 28.2 Å². The number of Topliss-reactive ketones (excluding diaryl/α,β-unsaturated/α-hetero) is 1. The van der Waals surface area contributed by atoms with Crippen LogP contribution in [0.3, 0.4) is 0 Å². The Hall–Kier alpha value is -0.230. The van der Waals surface area contributed by atoms with Crippen molar-refractivity contribution in [2.75, 3.05) is 0 Å². The fourth-order valence-electron chi connectivity index (χ4n) is 1.83. The zero-order valence-electron chi connectivity index (χ0n) is 8.63. The third kappa shape index (κ3) is 2.10. The van der Waals surface area contributed by atoms with Crippen molar-refractivity contribution in [3.63, 3.8) is 0 Å². The van der Waals surface area contributed by atoms with Crippen LogP contribution < -0.4 is 0 Å². The van der Waals surface area contributed by atoms with Crippen molar-refractivity contribution >= 4 is 56.0 Å². The topological polar surface area (TPSA) is 30.0 Å². The summed E-state index contributed by atoms with van der Waals surface area (Å²) in [6.45, 7) is 0. The van der Waals surface area contributed by atoms with Crippen LogP contribution >= 0.6 is 50.2 Å². The van der Waals surface area contributed by atoms with E-state index >= 15 is 0 Å². The van der Waals surface area contributed by atoms with E-state index in [1.807, 2.05) is 6.07 Å². The van der Waals surface area contributed by atoms with E-state index in [-0.39, 0.29) is 5.78 Å². The third-order valence-corrected chi connectivity index (χ3v) is 6.41. The van der Waals surface area contributed by atoms with Crippen molar-refractivity contribution in [1.29, 1.82) is 0 Å². The average molecular weight is 349 g/mol. The van der Waals surface area contributed by atoms with Gasteiger partial charge in [-0.15, -0.1) is 22.7 Å². The number of halogens is 2. The predicted molar refractivity (Wildman–Crippen MR) is 75.4 cm³/mol. The van der Waals surface area contributed by atoms with Crippen LogP contribution in [0, 0.1) is 0 Å². The maximum Gasteiger partial charge on any atom is 0.174 e. The van der Waals surface area contributed by atoms with Crippen LogP contribution in [0.25, 0.3) is 9.88 Å². The van der Waals surface area contributed by atoms with Gasteiger partial charge in [0.1, 0.15) is 9.34 Å². The van der Waals surface area contributed by atoms with E-state index in [1.165, 1.54) is 22.7 Å². The van der Waals surface area contributed by atoms with Crippen LogP contribution in [0.2, 0.25) is 4.34 Å². The Kier molecular flexibility index (Phi) is 3.11. The summed E-state index contributed by atoms with van der Waals surface area (Å²) in [4.78, 5) is 18.2. The summed E-state index contributed by atoms with van der Waals surface area (Å²) < 4.78 is 1.61. The molecule has 6 heteroatoms. The molecule has 0 saturated carbocycles. The van der Waals surface area contributed by atoms with E-state index in [0.717, 1.165) is 42.1 Å². The number of rotatable bonds is 1. The first-order valence-electron chi connectivity index (χ1n) is 5.13. The molecule has 1 aliphatic carbocycles. The number of ketones is 1. The summed E-state index contributed by atoms with van der Waals surface area (Å²) in [6.07, 6.45) is 2.49. The summed E-state index contributed by atoms with van der Waals surface area (Å²) in [5.74, 6) is 0.233. The molecular formula is C11H7BrClNOS2. The third-order valence-electron chi connectivity index (χ3n) is 2.62. The van der Waals surface area contributed by atoms with Gasteiger partial charge in [0.05, 0.1) is 15.4 Å². The number of hydrogen-bond acceptors (Lipinski definition) is 4. The largest absolute Gasteiger partial charge is 0.293 e. The number of carbonyl (C=O) groups is 1. The Labute approximate surface area is 120 Å². The van der Waals surface area contributed by atoms with Gasteiger partial charge in [-0.2, -0.15) is 0 Å². The number of thiazole rings is 1. The van der Waals surface area contributed by atoms with Crippen LogP contribution in [0.5, 0.6) is 0 Å². The fourth-order valence-corrected chi connectivity index (χ4v) is 4.65. The van der Waals surface area contributed by atoms with E-state index in [2.05, 4.69) is 20.9 Å². The minimum absolute atomic E-state index is 0.233. The fraction of sp³-hybridized carbons (Fsp3) is 0.273. The van der Waals surface area contributed by atoms with Crippen molar-refractivity contribution in [2.24, 2.45) is 0 Å². The van der Waals surface area contributed by atoms with Crippen molar-refractivity contribution in [2.45, 2.75) is 19.3 Å². The molecule has 0 fully saturated rings. The highest BCUT2D eigenvalue weighted by Crippen LogP contribution is 2.41. The Morgan fingerprint density at radius 1 is 1.35 bits per heavy atom. The van der Waals surface area contributed by atoms with Gasteiger partial charge in [-0.25, -0.2) is 4.98 Å². The zero-order chi connectivity index (χ0) is 12.0. The molecule has 3 rings (SSSR count). The SMILES string of the molecule is O=C1CCCc2nc(-c3cc(Br)c(Cl)s3)sc21. The maximum atomic E-state index is 11.7. The molecule has 0 aromatic carbocycles. The standard InChI is InChI=1S/C11H7BrClNOS2/c12-5-4-8(16-10(5)13)11-14-6-2-1-3-7(15)9(6)17-11/h4H,1-3H2. The molecular weight excluding hydrogens is 342 g/mol. The van der Waals surface area contributed by atoms with Gasteiger partial charge < -0.3 is 0 Å². The Bertz CT molecular complexity index is 585. The number of carbonyl (C=O) groups excluding carboxylic acids is 1. The summed E-state index contributed by atoms with van der Waals surface area (Å²) in [5, 5.41) is 0.905. The molecule has 0 spiro atoms. The number of fused-ring (bicyclic) bond motifs is 1. The Morgan fingerprint density at radius 3 is 2.82 bits per heavy atom. The average Bonchev–Trinajstić information content (AvgIpc) is 2.85. The van der Waals surface area contributed by atoms with Gasteiger partial charge in [0, 0.05) is 10.9 Å². The van der Waals surface area contributed by atoms with Gasteiger partial charge in [-0.1, -0.05) is 11.6 Å². The molecule has 2 nitrogen and oxygen atoms in total. The first kappa shape index (κ1) is 11.8. The monoisotopic (exact) mass is 347 g/mol. The minimum atomic E-state index is 0.233. The molecule has 0 N–H and O–H groups in total. The van der Waals surface area contributed by atoms with Crippen molar-refractivity contribution in [1.82, 2.24) is 4.98 Å². The molecule has 88 valence electrons. The highest BCUT2D eigenvalue weighted by molar-refractivity contribution is 9.10. The van der Waals surface area contributed by atoms with Gasteiger partial charge in [-0.05, 0) is 34.8 Å². The molecule has 0 bridgehead atoms. The summed E-state index contributed by atoms with van der Waals surface area (Å²) in [5.41, 5.74) is 0.960. The highest BCUT2D eigenvalue weighted by Gasteiger charge is 2.23. The molecule has 17 heavy (non-hydrogen) atoms. The quantitative estimate of drug-likeness (QED) is 0.740. The molecule has 0 saturated heterocycles.